The number of nitrogens with zero attached hydrogens (tertiary/aromatic N) is 1. The van der Waals surface area contributed by atoms with Gasteiger partial charge in [-0.15, -0.1) is 11.8 Å². The van der Waals surface area contributed by atoms with E-state index in [0.717, 1.165) is 5.56 Å². The fraction of sp³-hybridized carbons (Fsp3) is 0.438. The van der Waals surface area contributed by atoms with Crippen LogP contribution in [0.15, 0.2) is 24.3 Å². The summed E-state index contributed by atoms with van der Waals surface area (Å²) in [6.45, 7) is 3.87. The van der Waals surface area contributed by atoms with Crippen LogP contribution < -0.4 is 10.6 Å². The van der Waals surface area contributed by atoms with Crippen LogP contribution in [0, 0.1) is 6.92 Å². The van der Waals surface area contributed by atoms with Gasteiger partial charge in [0.25, 0.3) is 0 Å². The summed E-state index contributed by atoms with van der Waals surface area (Å²) in [7, 11) is 0. The molecule has 7 heteroatoms. The number of esters is 1. The summed E-state index contributed by atoms with van der Waals surface area (Å²) in [5.74, 6) is -0.749. The van der Waals surface area contributed by atoms with E-state index >= 15 is 0 Å². The summed E-state index contributed by atoms with van der Waals surface area (Å²) in [5.41, 5.74) is 7.28. The fourth-order valence-corrected chi connectivity index (χ4v) is 3.39. The van der Waals surface area contributed by atoms with E-state index in [2.05, 4.69) is 0 Å². The quantitative estimate of drug-likeness (QED) is 0.621. The molecule has 124 valence electrons. The van der Waals surface area contributed by atoms with Crippen LogP contribution in [0.2, 0.25) is 0 Å². The van der Waals surface area contributed by atoms with Crippen molar-refractivity contribution in [2.24, 2.45) is 5.73 Å². The zero-order chi connectivity index (χ0) is 17.0. The lowest BCUT2D eigenvalue weighted by molar-refractivity contribution is -0.144. The first-order valence-corrected chi connectivity index (χ1v) is 8.46. The zero-order valence-electron chi connectivity index (χ0n) is 13.2. The highest BCUT2D eigenvalue weighted by Gasteiger charge is 2.40. The van der Waals surface area contributed by atoms with Gasteiger partial charge in [0.2, 0.25) is 11.8 Å². The second-order valence-electron chi connectivity index (χ2n) is 5.29. The van der Waals surface area contributed by atoms with Crippen molar-refractivity contribution in [1.82, 2.24) is 0 Å². The van der Waals surface area contributed by atoms with Crippen molar-refractivity contribution in [3.05, 3.63) is 29.8 Å². The van der Waals surface area contributed by atoms with E-state index in [9.17, 15) is 14.4 Å². The molecular weight excluding hydrogens is 316 g/mol. The van der Waals surface area contributed by atoms with Crippen molar-refractivity contribution in [2.75, 3.05) is 17.3 Å². The molecule has 2 rings (SSSR count). The highest BCUT2D eigenvalue weighted by molar-refractivity contribution is 8.00. The molecule has 0 spiro atoms. The molecule has 2 atom stereocenters. The number of hydrogen-bond acceptors (Lipinski definition) is 6. The summed E-state index contributed by atoms with van der Waals surface area (Å²) in [5, 5.41) is -0.511. The first kappa shape index (κ1) is 17.5. The Balaban J connectivity index is 2.00. The van der Waals surface area contributed by atoms with Gasteiger partial charge < -0.3 is 10.5 Å². The lowest BCUT2D eigenvalue weighted by atomic mass is 10.2. The van der Waals surface area contributed by atoms with Crippen LogP contribution in [0.25, 0.3) is 0 Å². The van der Waals surface area contributed by atoms with Gasteiger partial charge in [-0.1, -0.05) is 12.1 Å². The van der Waals surface area contributed by atoms with Crippen LogP contribution in [0.5, 0.6) is 0 Å². The minimum atomic E-state index is -0.795. The van der Waals surface area contributed by atoms with Crippen molar-refractivity contribution in [3.8, 4) is 0 Å². The minimum absolute atomic E-state index is 0.118. The van der Waals surface area contributed by atoms with Crippen molar-refractivity contribution in [1.29, 1.82) is 0 Å². The van der Waals surface area contributed by atoms with Crippen molar-refractivity contribution < 1.29 is 19.1 Å². The monoisotopic (exact) mass is 336 g/mol. The topological polar surface area (TPSA) is 89.7 Å². The van der Waals surface area contributed by atoms with Crippen molar-refractivity contribution in [3.63, 3.8) is 0 Å². The number of benzene rings is 1. The number of amides is 2. The number of nitrogens with two attached hydrogens (primary N) is 1. The van der Waals surface area contributed by atoms with Gasteiger partial charge in [0, 0.05) is 12.2 Å². The Bertz CT molecular complexity index is 620. The Kier molecular flexibility index (Phi) is 5.79. The molecule has 2 N–H and O–H groups in total. The molecule has 0 unspecified atom stereocenters. The molecule has 0 aromatic heterocycles. The summed E-state index contributed by atoms with van der Waals surface area (Å²) in [6.07, 6.45) is 0.118. The summed E-state index contributed by atoms with van der Waals surface area (Å²) in [4.78, 5) is 37.3. The second kappa shape index (κ2) is 7.61. The lowest BCUT2D eigenvalue weighted by Gasteiger charge is -2.16. The molecule has 2 amide bonds. The van der Waals surface area contributed by atoms with Gasteiger partial charge in [0.15, 0.2) is 0 Å². The third-order valence-corrected chi connectivity index (χ3v) is 4.75. The number of hydrogen-bond donors (Lipinski definition) is 1. The average Bonchev–Trinajstić information content (AvgIpc) is 2.79. The molecule has 1 heterocycles. The number of ether oxygens (including phenoxy) is 1. The third kappa shape index (κ3) is 4.11. The molecule has 6 nitrogen and oxygen atoms in total. The Labute approximate surface area is 139 Å². The molecule has 1 aromatic rings. The van der Waals surface area contributed by atoms with Gasteiger partial charge in [0.1, 0.15) is 6.04 Å². The SMILES string of the molecule is CCOC(=O)[C@H](N)CS[C@@H]1CC(=O)N(c2cccc(C)c2)C1=O. The zero-order valence-corrected chi connectivity index (χ0v) is 14.0. The predicted octanol–water partition coefficient (Wildman–Crippen LogP) is 1.25. The van der Waals surface area contributed by atoms with Gasteiger partial charge in [-0.3, -0.25) is 14.4 Å². The molecule has 1 aliphatic heterocycles. The number of aryl methyl sites for hydroxylation is 1. The Morgan fingerprint density at radius 3 is 2.87 bits per heavy atom. The molecule has 1 aromatic carbocycles. The molecule has 1 fully saturated rings. The maximum atomic E-state index is 12.5. The van der Waals surface area contributed by atoms with Crippen LogP contribution in [-0.4, -0.2) is 41.4 Å². The van der Waals surface area contributed by atoms with Gasteiger partial charge in [-0.05, 0) is 31.5 Å². The predicted molar refractivity (Wildman–Crippen MR) is 89.1 cm³/mol. The molecule has 1 saturated heterocycles. The maximum absolute atomic E-state index is 12.5. The Morgan fingerprint density at radius 2 is 2.22 bits per heavy atom. The van der Waals surface area contributed by atoms with Gasteiger partial charge >= 0.3 is 5.97 Å². The first-order chi connectivity index (χ1) is 10.9. The smallest absolute Gasteiger partial charge is 0.323 e. The molecule has 0 saturated carbocycles. The normalized spacial score (nSPS) is 19.1. The number of anilines is 1. The fourth-order valence-electron chi connectivity index (χ4n) is 2.31. The number of rotatable bonds is 6. The van der Waals surface area contributed by atoms with E-state index in [1.807, 2.05) is 19.1 Å². The van der Waals surface area contributed by atoms with E-state index in [4.69, 9.17) is 10.5 Å². The van der Waals surface area contributed by atoms with Crippen LogP contribution in [0.3, 0.4) is 0 Å². The molecule has 1 aliphatic rings. The molecule has 23 heavy (non-hydrogen) atoms. The van der Waals surface area contributed by atoms with E-state index in [1.165, 1.54) is 16.7 Å². The van der Waals surface area contributed by atoms with Crippen molar-refractivity contribution in [2.45, 2.75) is 31.6 Å². The van der Waals surface area contributed by atoms with Gasteiger partial charge in [-0.25, -0.2) is 4.90 Å². The second-order valence-corrected chi connectivity index (χ2v) is 6.53. The Morgan fingerprint density at radius 1 is 1.48 bits per heavy atom. The van der Waals surface area contributed by atoms with E-state index in [-0.39, 0.29) is 30.6 Å². The molecular formula is C16H20N2O4S. The minimum Gasteiger partial charge on any atom is -0.465 e. The van der Waals surface area contributed by atoms with Crippen LogP contribution in [0.1, 0.15) is 18.9 Å². The third-order valence-electron chi connectivity index (χ3n) is 3.43. The maximum Gasteiger partial charge on any atom is 0.323 e. The summed E-state index contributed by atoms with van der Waals surface area (Å²) >= 11 is 1.22. The molecule has 0 bridgehead atoms. The van der Waals surface area contributed by atoms with Crippen molar-refractivity contribution >= 4 is 35.2 Å². The number of carbonyl (C=O) groups is 3. The highest BCUT2D eigenvalue weighted by atomic mass is 32.2. The van der Waals surface area contributed by atoms with E-state index in [0.29, 0.717) is 5.69 Å². The number of imide groups is 1. The Hall–Kier alpha value is -1.86. The highest BCUT2D eigenvalue weighted by Crippen LogP contribution is 2.30. The van der Waals surface area contributed by atoms with E-state index in [1.54, 1.807) is 19.1 Å². The average molecular weight is 336 g/mol. The number of carbonyl (C=O) groups excluding carboxylic acids is 3. The standard InChI is InChI=1S/C16H20N2O4S/c1-3-22-16(21)12(17)9-23-13-8-14(19)18(15(13)20)11-6-4-5-10(2)7-11/h4-7,12-13H,3,8-9,17H2,1-2H3/t12-,13-/m1/s1. The summed E-state index contributed by atoms with van der Waals surface area (Å²) in [6, 6.07) is 6.45. The van der Waals surface area contributed by atoms with Crippen LogP contribution in [-0.2, 0) is 19.1 Å². The first-order valence-electron chi connectivity index (χ1n) is 7.41. The van der Waals surface area contributed by atoms with E-state index < -0.39 is 17.3 Å². The lowest BCUT2D eigenvalue weighted by Crippen LogP contribution is -2.36. The van der Waals surface area contributed by atoms with Gasteiger partial charge in [-0.2, -0.15) is 0 Å². The van der Waals surface area contributed by atoms with Crippen LogP contribution in [0.4, 0.5) is 5.69 Å². The van der Waals surface area contributed by atoms with Crippen LogP contribution >= 0.6 is 11.8 Å². The molecule has 0 radical (unpaired) electrons. The molecule has 0 aliphatic carbocycles. The summed E-state index contributed by atoms with van der Waals surface area (Å²) < 4.78 is 4.83. The van der Waals surface area contributed by atoms with Gasteiger partial charge in [0.05, 0.1) is 17.5 Å². The largest absolute Gasteiger partial charge is 0.465 e. The number of thioether (sulfide) groups is 1.